The number of unbranched alkanes of at least 4 members (excludes halogenated alkanes) is 32. The minimum Gasteiger partial charge on any atom is -0.462 e. The molecule has 0 spiro atoms. The highest BCUT2D eigenvalue weighted by atomic mass is 16.7. The molecule has 0 radical (unpaired) electrons. The molecule has 4 N–H and O–H groups in total. The van der Waals surface area contributed by atoms with Gasteiger partial charge in [0, 0.05) is 12.8 Å². The molecule has 0 aromatic carbocycles. The molecule has 0 aliphatic carbocycles. The molecule has 1 saturated heterocycles. The van der Waals surface area contributed by atoms with Crippen LogP contribution in [-0.4, -0.2) is 89.0 Å². The van der Waals surface area contributed by atoms with Crippen LogP contribution in [0.2, 0.25) is 0 Å². The van der Waals surface area contributed by atoms with E-state index >= 15 is 0 Å². The van der Waals surface area contributed by atoms with Crippen molar-refractivity contribution in [1.82, 2.24) is 0 Å². The molecule has 1 rings (SSSR count). The predicted molar refractivity (Wildman–Crippen MR) is 238 cm³/mol. The fourth-order valence-corrected chi connectivity index (χ4v) is 8.01. The highest BCUT2D eigenvalue weighted by Crippen LogP contribution is 2.23. The second-order valence-corrected chi connectivity index (χ2v) is 17.6. The Balaban J connectivity index is 2.22. The summed E-state index contributed by atoms with van der Waals surface area (Å²) in [6.07, 6.45) is 35.5. The van der Waals surface area contributed by atoms with Crippen molar-refractivity contribution in [3.8, 4) is 0 Å². The Hall–Kier alpha value is -1.30. The molecule has 1 fully saturated rings. The minimum absolute atomic E-state index is 0.209. The third-order valence-corrected chi connectivity index (χ3v) is 12.0. The van der Waals surface area contributed by atoms with Gasteiger partial charge >= 0.3 is 11.9 Å². The average Bonchev–Trinajstić information content (AvgIpc) is 3.23. The van der Waals surface area contributed by atoms with Crippen molar-refractivity contribution in [2.75, 3.05) is 19.8 Å². The summed E-state index contributed by atoms with van der Waals surface area (Å²) in [7, 11) is 0. The normalized spacial score (nSPS) is 19.9. The van der Waals surface area contributed by atoms with E-state index in [9.17, 15) is 30.0 Å². The van der Waals surface area contributed by atoms with Gasteiger partial charge in [0.1, 0.15) is 31.0 Å². The maximum absolute atomic E-state index is 12.8. The van der Waals surface area contributed by atoms with E-state index in [0.717, 1.165) is 32.1 Å². The molecule has 0 saturated carbocycles. The lowest BCUT2D eigenvalue weighted by molar-refractivity contribution is -0.305. The van der Waals surface area contributed by atoms with Crippen LogP contribution in [0.3, 0.4) is 0 Å². The summed E-state index contributed by atoms with van der Waals surface area (Å²) >= 11 is 0. The summed E-state index contributed by atoms with van der Waals surface area (Å²) in [4.78, 5) is 25.4. The molecule has 0 aromatic heterocycles. The van der Waals surface area contributed by atoms with Gasteiger partial charge in [0.25, 0.3) is 0 Å². The van der Waals surface area contributed by atoms with Crippen LogP contribution < -0.4 is 0 Å². The first kappa shape index (κ1) is 55.7. The SMILES string of the molecule is CCCCCCCCCCCCCCCCCCCCCCCCC(=O)OC(COC(=O)CCCCCCCCCCCCCC)COC1OC(CO)C(O)C(O)C1O. The second kappa shape index (κ2) is 40.8. The van der Waals surface area contributed by atoms with Gasteiger partial charge in [-0.2, -0.15) is 0 Å². The number of hydrogen-bond acceptors (Lipinski definition) is 10. The van der Waals surface area contributed by atoms with Crippen molar-refractivity contribution in [3.63, 3.8) is 0 Å². The molecular weight excluding hydrogens is 749 g/mol. The summed E-state index contributed by atoms with van der Waals surface area (Å²) in [5.74, 6) is -0.789. The number of carbonyl (C=O) groups is 2. The maximum atomic E-state index is 12.8. The van der Waals surface area contributed by atoms with Gasteiger partial charge in [0.05, 0.1) is 13.2 Å². The third-order valence-electron chi connectivity index (χ3n) is 12.0. The lowest BCUT2D eigenvalue weighted by Crippen LogP contribution is -2.59. The Kier molecular flexibility index (Phi) is 38.5. The van der Waals surface area contributed by atoms with Crippen LogP contribution in [0.4, 0.5) is 0 Å². The molecule has 10 nitrogen and oxygen atoms in total. The molecular formula is C49H94O10. The van der Waals surface area contributed by atoms with E-state index in [1.54, 1.807) is 0 Å². The van der Waals surface area contributed by atoms with E-state index in [1.807, 2.05) is 0 Å². The number of aliphatic hydroxyl groups excluding tert-OH is 4. The molecule has 6 atom stereocenters. The van der Waals surface area contributed by atoms with E-state index in [4.69, 9.17) is 18.9 Å². The first-order valence-corrected chi connectivity index (χ1v) is 25.1. The van der Waals surface area contributed by atoms with E-state index in [2.05, 4.69) is 13.8 Å². The van der Waals surface area contributed by atoms with Gasteiger partial charge in [-0.25, -0.2) is 0 Å². The summed E-state index contributed by atoms with van der Waals surface area (Å²) in [6.45, 7) is 3.46. The predicted octanol–water partition coefficient (Wildman–Crippen LogP) is 11.3. The Morgan fingerprint density at radius 3 is 1.15 bits per heavy atom. The highest BCUT2D eigenvalue weighted by Gasteiger charge is 2.44. The van der Waals surface area contributed by atoms with Crippen molar-refractivity contribution in [3.05, 3.63) is 0 Å². The van der Waals surface area contributed by atoms with E-state index in [1.165, 1.54) is 180 Å². The lowest BCUT2D eigenvalue weighted by atomic mass is 9.99. The fourth-order valence-electron chi connectivity index (χ4n) is 8.01. The highest BCUT2D eigenvalue weighted by molar-refractivity contribution is 5.70. The molecule has 1 aliphatic heterocycles. The van der Waals surface area contributed by atoms with Crippen LogP contribution in [0.5, 0.6) is 0 Å². The van der Waals surface area contributed by atoms with Gasteiger partial charge in [-0.05, 0) is 12.8 Å². The first-order chi connectivity index (χ1) is 28.8. The average molecular weight is 843 g/mol. The monoisotopic (exact) mass is 843 g/mol. The van der Waals surface area contributed by atoms with Gasteiger partial charge in [0.2, 0.25) is 0 Å². The summed E-state index contributed by atoms with van der Waals surface area (Å²) in [6, 6.07) is 0. The van der Waals surface area contributed by atoms with E-state index in [-0.39, 0.29) is 32.0 Å². The molecule has 59 heavy (non-hydrogen) atoms. The largest absolute Gasteiger partial charge is 0.462 e. The summed E-state index contributed by atoms with van der Waals surface area (Å²) < 4.78 is 22.2. The Labute approximate surface area is 361 Å². The molecule has 6 unspecified atom stereocenters. The summed E-state index contributed by atoms with van der Waals surface area (Å²) in [5, 5.41) is 40.1. The number of esters is 2. The van der Waals surface area contributed by atoms with Crippen LogP contribution in [0.15, 0.2) is 0 Å². The van der Waals surface area contributed by atoms with Gasteiger partial charge in [0.15, 0.2) is 12.4 Å². The van der Waals surface area contributed by atoms with Crippen LogP contribution in [0, 0.1) is 0 Å². The van der Waals surface area contributed by atoms with Crippen molar-refractivity contribution in [2.24, 2.45) is 0 Å². The molecule has 0 amide bonds. The first-order valence-electron chi connectivity index (χ1n) is 25.1. The maximum Gasteiger partial charge on any atom is 0.306 e. The Morgan fingerprint density at radius 1 is 0.458 bits per heavy atom. The second-order valence-electron chi connectivity index (χ2n) is 17.6. The Morgan fingerprint density at radius 2 is 0.797 bits per heavy atom. The molecule has 0 aromatic rings. The standard InChI is InChI=1S/C49H94O10/c1-3-5-7-9-11-13-15-17-18-19-20-21-22-23-24-25-26-28-30-32-34-36-38-45(52)58-42(41-57-49-48(55)47(54)46(53)43(39-50)59-49)40-56-44(51)37-35-33-31-29-27-16-14-12-10-8-6-4-2/h42-43,46-50,53-55H,3-41H2,1-2H3. The van der Waals surface area contributed by atoms with E-state index < -0.39 is 49.4 Å². The van der Waals surface area contributed by atoms with Crippen LogP contribution in [0.25, 0.3) is 0 Å². The van der Waals surface area contributed by atoms with Crippen LogP contribution >= 0.6 is 0 Å². The zero-order valence-electron chi connectivity index (χ0n) is 38.3. The topological polar surface area (TPSA) is 152 Å². The number of aliphatic hydroxyl groups is 4. The number of rotatable bonds is 43. The summed E-state index contributed by atoms with van der Waals surface area (Å²) in [5.41, 5.74) is 0. The molecule has 350 valence electrons. The smallest absolute Gasteiger partial charge is 0.306 e. The van der Waals surface area contributed by atoms with Crippen LogP contribution in [-0.2, 0) is 28.5 Å². The third kappa shape index (κ3) is 32.1. The quantitative estimate of drug-likeness (QED) is 0.0345. The number of carbonyl (C=O) groups excluding carboxylic acids is 2. The molecule has 0 bridgehead atoms. The van der Waals surface area contributed by atoms with Gasteiger partial charge in [-0.3, -0.25) is 9.59 Å². The Bertz CT molecular complexity index is 932. The number of ether oxygens (including phenoxy) is 4. The van der Waals surface area contributed by atoms with Gasteiger partial charge in [-0.15, -0.1) is 0 Å². The van der Waals surface area contributed by atoms with Crippen molar-refractivity contribution >= 4 is 11.9 Å². The van der Waals surface area contributed by atoms with Gasteiger partial charge in [-0.1, -0.05) is 219 Å². The minimum atomic E-state index is -1.59. The molecule has 10 heteroatoms. The van der Waals surface area contributed by atoms with Gasteiger partial charge < -0.3 is 39.4 Å². The zero-order chi connectivity index (χ0) is 43.0. The zero-order valence-corrected chi connectivity index (χ0v) is 38.3. The van der Waals surface area contributed by atoms with Crippen molar-refractivity contribution in [2.45, 2.75) is 282 Å². The molecule has 1 aliphatic rings. The molecule has 1 heterocycles. The van der Waals surface area contributed by atoms with Crippen LogP contribution in [0.1, 0.15) is 245 Å². The van der Waals surface area contributed by atoms with Crippen molar-refractivity contribution in [1.29, 1.82) is 0 Å². The van der Waals surface area contributed by atoms with E-state index in [0.29, 0.717) is 6.42 Å². The lowest BCUT2D eigenvalue weighted by Gasteiger charge is -2.39. The number of hydrogen-bond donors (Lipinski definition) is 4. The van der Waals surface area contributed by atoms with Crippen molar-refractivity contribution < 1.29 is 49.0 Å². The fraction of sp³-hybridized carbons (Fsp3) is 0.959.